The van der Waals surface area contributed by atoms with E-state index in [0.29, 0.717) is 0 Å². The minimum atomic E-state index is 0.908. The van der Waals surface area contributed by atoms with Crippen molar-refractivity contribution in [2.24, 2.45) is 0 Å². The predicted molar refractivity (Wildman–Crippen MR) is 222 cm³/mol. The van der Waals surface area contributed by atoms with Gasteiger partial charge < -0.3 is 9.32 Å². The van der Waals surface area contributed by atoms with E-state index in [0.717, 1.165) is 27.9 Å². The molecule has 0 saturated carbocycles. The number of aryl methyl sites for hydroxylation is 2. The van der Waals surface area contributed by atoms with Crippen LogP contribution in [0.2, 0.25) is 0 Å². The van der Waals surface area contributed by atoms with E-state index in [9.17, 15) is 0 Å². The molecule has 0 fully saturated rings. The van der Waals surface area contributed by atoms with Gasteiger partial charge in [-0.1, -0.05) is 139 Å². The third kappa shape index (κ3) is 4.12. The van der Waals surface area contributed by atoms with Crippen molar-refractivity contribution in [2.75, 3.05) is 4.90 Å². The fourth-order valence-electron chi connectivity index (χ4n) is 8.72. The molecular weight excluding hydrogens is 631 g/mol. The normalized spacial score (nSPS) is 12.0. The molecule has 0 bridgehead atoms. The van der Waals surface area contributed by atoms with E-state index in [4.69, 9.17) is 4.42 Å². The van der Waals surface area contributed by atoms with E-state index in [2.05, 4.69) is 183 Å². The summed E-state index contributed by atoms with van der Waals surface area (Å²) in [5.74, 6) is 0. The molecule has 0 N–H and O–H groups in total. The highest BCUT2D eigenvalue weighted by Gasteiger charge is 2.24. The third-order valence-electron chi connectivity index (χ3n) is 11.1. The van der Waals surface area contributed by atoms with E-state index in [1.165, 1.54) is 87.2 Å². The molecule has 0 amide bonds. The number of nitrogens with zero attached hydrogens (tertiary/aromatic N) is 1. The number of rotatable bonds is 4. The van der Waals surface area contributed by atoms with Crippen LogP contribution in [-0.4, -0.2) is 0 Å². The number of hydrogen-bond donors (Lipinski definition) is 0. The van der Waals surface area contributed by atoms with E-state index in [-0.39, 0.29) is 0 Å². The van der Waals surface area contributed by atoms with Crippen LogP contribution in [0.25, 0.3) is 86.9 Å². The monoisotopic (exact) mass is 663 g/mol. The summed E-state index contributed by atoms with van der Waals surface area (Å²) >= 11 is 0. The van der Waals surface area contributed by atoms with Gasteiger partial charge in [0.05, 0.1) is 5.69 Å². The molecule has 0 aliphatic heterocycles. The summed E-state index contributed by atoms with van der Waals surface area (Å²) in [5, 5.41) is 14.7. The molecule has 244 valence electrons. The van der Waals surface area contributed by atoms with E-state index >= 15 is 0 Å². The number of benzene rings is 10. The van der Waals surface area contributed by atoms with Gasteiger partial charge in [-0.15, -0.1) is 0 Å². The van der Waals surface area contributed by atoms with Gasteiger partial charge >= 0.3 is 0 Å². The van der Waals surface area contributed by atoms with Crippen molar-refractivity contribution >= 4 is 92.9 Å². The van der Waals surface area contributed by atoms with Crippen LogP contribution in [0.3, 0.4) is 0 Å². The van der Waals surface area contributed by atoms with Crippen LogP contribution in [-0.2, 0) is 0 Å². The first kappa shape index (κ1) is 29.1. The SMILES string of the molecule is Cc1ccc(N(c2ccc(C)cc2)c2c3ccccc3c(-c3ccc4oc5c6cccc7ccc8cccc(c5c4c3)c8c76)c3ccccc23)cc1. The van der Waals surface area contributed by atoms with Crippen molar-refractivity contribution in [3.8, 4) is 11.1 Å². The van der Waals surface area contributed by atoms with Crippen molar-refractivity contribution in [3.63, 3.8) is 0 Å². The summed E-state index contributed by atoms with van der Waals surface area (Å²) in [4.78, 5) is 2.43. The zero-order valence-corrected chi connectivity index (χ0v) is 28.9. The topological polar surface area (TPSA) is 16.4 Å². The van der Waals surface area contributed by atoms with Gasteiger partial charge in [-0.05, 0) is 93.7 Å². The lowest BCUT2D eigenvalue weighted by atomic mass is 9.88. The Balaban J connectivity index is 1.24. The fourth-order valence-corrected chi connectivity index (χ4v) is 8.72. The van der Waals surface area contributed by atoms with Crippen LogP contribution in [0.4, 0.5) is 17.1 Å². The average Bonchev–Trinajstić information content (AvgIpc) is 3.58. The largest absolute Gasteiger partial charge is 0.455 e. The molecule has 2 nitrogen and oxygen atoms in total. The van der Waals surface area contributed by atoms with Crippen LogP contribution in [0, 0.1) is 13.8 Å². The van der Waals surface area contributed by atoms with E-state index < -0.39 is 0 Å². The Bertz CT molecular complexity index is 3080. The van der Waals surface area contributed by atoms with E-state index in [1.807, 2.05) is 0 Å². The smallest absolute Gasteiger partial charge is 0.143 e. The molecule has 1 heterocycles. The molecule has 11 rings (SSSR count). The quantitative estimate of drug-likeness (QED) is 0.138. The maximum atomic E-state index is 6.79. The maximum absolute atomic E-state index is 6.79. The van der Waals surface area contributed by atoms with Crippen LogP contribution in [0.1, 0.15) is 11.1 Å². The van der Waals surface area contributed by atoms with Crippen LogP contribution < -0.4 is 4.90 Å². The summed E-state index contributed by atoms with van der Waals surface area (Å²) in [7, 11) is 0. The number of anilines is 3. The van der Waals surface area contributed by atoms with E-state index in [1.54, 1.807) is 0 Å². The van der Waals surface area contributed by atoms with Crippen molar-refractivity contribution in [3.05, 3.63) is 175 Å². The number of hydrogen-bond acceptors (Lipinski definition) is 2. The highest BCUT2D eigenvalue weighted by atomic mass is 16.3. The molecule has 0 spiro atoms. The second kappa shape index (κ2) is 10.9. The Labute approximate surface area is 301 Å². The van der Waals surface area contributed by atoms with Gasteiger partial charge in [-0.3, -0.25) is 0 Å². The van der Waals surface area contributed by atoms with Crippen LogP contribution >= 0.6 is 0 Å². The van der Waals surface area contributed by atoms with Gasteiger partial charge in [0, 0.05) is 43.7 Å². The lowest BCUT2D eigenvalue weighted by molar-refractivity contribution is 0.673. The van der Waals surface area contributed by atoms with Gasteiger partial charge in [0.25, 0.3) is 0 Å². The van der Waals surface area contributed by atoms with Gasteiger partial charge in [0.15, 0.2) is 0 Å². The Kier molecular flexibility index (Phi) is 6.12. The zero-order valence-electron chi connectivity index (χ0n) is 28.9. The van der Waals surface area contributed by atoms with Crippen LogP contribution in [0.15, 0.2) is 168 Å². The highest BCUT2D eigenvalue weighted by Crippen LogP contribution is 2.50. The Morgan fingerprint density at radius 3 is 1.52 bits per heavy atom. The highest BCUT2D eigenvalue weighted by molar-refractivity contribution is 6.36. The first-order valence-electron chi connectivity index (χ1n) is 18.0. The first-order chi connectivity index (χ1) is 25.6. The molecule has 52 heavy (non-hydrogen) atoms. The molecule has 0 aliphatic carbocycles. The minimum Gasteiger partial charge on any atom is -0.455 e. The molecule has 0 radical (unpaired) electrons. The molecular formula is C50H33NO. The molecule has 0 unspecified atom stereocenters. The van der Waals surface area contributed by atoms with Gasteiger partial charge in [-0.2, -0.15) is 0 Å². The summed E-state index contributed by atoms with van der Waals surface area (Å²) < 4.78 is 6.79. The predicted octanol–water partition coefficient (Wildman–Crippen LogP) is 14.5. The second-order valence-electron chi connectivity index (χ2n) is 14.2. The minimum absolute atomic E-state index is 0.908. The van der Waals surface area contributed by atoms with Crippen molar-refractivity contribution in [2.45, 2.75) is 13.8 Å². The average molecular weight is 664 g/mol. The first-order valence-corrected chi connectivity index (χ1v) is 18.0. The second-order valence-corrected chi connectivity index (χ2v) is 14.2. The zero-order chi connectivity index (χ0) is 34.5. The third-order valence-corrected chi connectivity index (χ3v) is 11.1. The van der Waals surface area contributed by atoms with Crippen molar-refractivity contribution < 1.29 is 4.42 Å². The summed E-state index contributed by atoms with van der Waals surface area (Å²) in [6, 6.07) is 60.1. The van der Waals surface area contributed by atoms with Gasteiger partial charge in [0.2, 0.25) is 0 Å². The van der Waals surface area contributed by atoms with Gasteiger partial charge in [-0.25, -0.2) is 0 Å². The Hall–Kier alpha value is -6.64. The molecule has 2 heteroatoms. The number of fused-ring (bicyclic) bond motifs is 7. The maximum Gasteiger partial charge on any atom is 0.143 e. The standard InChI is InChI=1S/C50H33NO/c1-30-17-24-35(25-18-30)51(36-26-19-31(2)20-27-36)49-39-13-5-3-11-37(39)45(38-12-4-6-14-40(38)49)34-23-28-44-43(29-34)48-41-15-7-9-32-21-22-33-10-8-16-42(50(48)52-44)47(33)46(32)41/h3-29H,1-2H3. The molecule has 0 aliphatic rings. The van der Waals surface area contributed by atoms with Gasteiger partial charge in [0.1, 0.15) is 11.2 Å². The summed E-state index contributed by atoms with van der Waals surface area (Å²) in [6.07, 6.45) is 0. The summed E-state index contributed by atoms with van der Waals surface area (Å²) in [5.41, 5.74) is 10.2. The Morgan fingerprint density at radius 2 is 0.923 bits per heavy atom. The summed E-state index contributed by atoms with van der Waals surface area (Å²) in [6.45, 7) is 4.29. The molecule has 11 aromatic rings. The number of furan rings is 1. The Morgan fingerprint density at radius 1 is 0.404 bits per heavy atom. The van der Waals surface area contributed by atoms with Crippen molar-refractivity contribution in [1.82, 2.24) is 0 Å². The van der Waals surface area contributed by atoms with Crippen LogP contribution in [0.5, 0.6) is 0 Å². The molecule has 1 aromatic heterocycles. The lowest BCUT2D eigenvalue weighted by Crippen LogP contribution is -2.11. The molecule has 10 aromatic carbocycles. The fraction of sp³-hybridized carbons (Fsp3) is 0.0400. The van der Waals surface area contributed by atoms with Crippen molar-refractivity contribution in [1.29, 1.82) is 0 Å². The molecule has 0 atom stereocenters. The lowest BCUT2D eigenvalue weighted by Gasteiger charge is -2.29. The molecule has 0 saturated heterocycles.